The van der Waals surface area contributed by atoms with Gasteiger partial charge in [-0.25, -0.2) is 17.6 Å². The maximum atomic E-state index is 14.0. The summed E-state index contributed by atoms with van der Waals surface area (Å²) < 4.78 is 58.9. The highest BCUT2D eigenvalue weighted by atomic mass is 19.1. The Bertz CT molecular complexity index is 637. The molecule has 2 rings (SSSR count). The zero-order valence-electron chi connectivity index (χ0n) is 11.2. The third kappa shape index (κ3) is 3.16. The lowest BCUT2D eigenvalue weighted by molar-refractivity contribution is 0.383. The maximum Gasteiger partial charge on any atom is 0.168 e. The van der Waals surface area contributed by atoms with E-state index in [1.165, 1.54) is 19.2 Å². The molecule has 6 heteroatoms. The molecule has 2 nitrogen and oxygen atoms in total. The second kappa shape index (κ2) is 6.13. The molecular formula is C15H13F4NO. The van der Waals surface area contributed by atoms with E-state index < -0.39 is 34.9 Å². The van der Waals surface area contributed by atoms with E-state index >= 15 is 0 Å². The topological polar surface area (TPSA) is 35.2 Å². The van der Waals surface area contributed by atoms with Gasteiger partial charge < -0.3 is 10.5 Å². The summed E-state index contributed by atoms with van der Waals surface area (Å²) in [7, 11) is 1.31. The predicted octanol–water partition coefficient (Wildman–Crippen LogP) is 3.49. The molecule has 1 unspecified atom stereocenters. The van der Waals surface area contributed by atoms with Gasteiger partial charge in [-0.15, -0.1) is 0 Å². The molecule has 0 aromatic heterocycles. The van der Waals surface area contributed by atoms with Gasteiger partial charge in [0.05, 0.1) is 7.11 Å². The predicted molar refractivity (Wildman–Crippen MR) is 69.9 cm³/mol. The highest BCUT2D eigenvalue weighted by Gasteiger charge is 2.20. The van der Waals surface area contributed by atoms with Crippen molar-refractivity contribution in [3.05, 3.63) is 64.7 Å². The molecule has 0 aliphatic carbocycles. The number of hydrogen-bond donors (Lipinski definition) is 1. The van der Waals surface area contributed by atoms with Crippen LogP contribution in [-0.2, 0) is 6.42 Å². The van der Waals surface area contributed by atoms with Gasteiger partial charge >= 0.3 is 0 Å². The van der Waals surface area contributed by atoms with E-state index in [2.05, 4.69) is 0 Å². The molecule has 0 saturated carbocycles. The van der Waals surface area contributed by atoms with E-state index in [4.69, 9.17) is 10.5 Å². The summed E-state index contributed by atoms with van der Waals surface area (Å²) in [6.45, 7) is 0. The van der Waals surface area contributed by atoms with Crippen molar-refractivity contribution < 1.29 is 22.3 Å². The molecule has 0 aliphatic heterocycles. The minimum Gasteiger partial charge on any atom is -0.494 e. The summed E-state index contributed by atoms with van der Waals surface area (Å²) in [6.07, 6.45) is -0.150. The fourth-order valence-electron chi connectivity index (χ4n) is 2.12. The molecule has 112 valence electrons. The first kappa shape index (κ1) is 15.3. The van der Waals surface area contributed by atoms with Crippen LogP contribution in [0, 0.1) is 23.3 Å². The molecule has 0 fully saturated rings. The summed E-state index contributed by atoms with van der Waals surface area (Å²) in [5.74, 6) is -3.85. The first-order valence-electron chi connectivity index (χ1n) is 6.15. The molecule has 21 heavy (non-hydrogen) atoms. The van der Waals surface area contributed by atoms with Crippen LogP contribution in [0.4, 0.5) is 17.6 Å². The van der Waals surface area contributed by atoms with Crippen molar-refractivity contribution in [2.45, 2.75) is 12.5 Å². The van der Waals surface area contributed by atoms with Crippen molar-refractivity contribution in [2.24, 2.45) is 5.73 Å². The number of benzene rings is 2. The lowest BCUT2D eigenvalue weighted by Gasteiger charge is -2.15. The van der Waals surface area contributed by atoms with Gasteiger partial charge in [0.15, 0.2) is 11.6 Å². The van der Waals surface area contributed by atoms with Crippen molar-refractivity contribution >= 4 is 0 Å². The third-order valence-corrected chi connectivity index (χ3v) is 3.12. The van der Waals surface area contributed by atoms with Gasteiger partial charge in [-0.2, -0.15) is 0 Å². The lowest BCUT2D eigenvalue weighted by Crippen LogP contribution is -2.18. The van der Waals surface area contributed by atoms with Gasteiger partial charge in [-0.1, -0.05) is 12.1 Å². The maximum absolute atomic E-state index is 14.0. The van der Waals surface area contributed by atoms with Gasteiger partial charge in [-0.05, 0) is 18.1 Å². The largest absolute Gasteiger partial charge is 0.494 e. The van der Waals surface area contributed by atoms with Gasteiger partial charge in [0, 0.05) is 23.7 Å². The number of ether oxygens (including phenoxy) is 1. The Hall–Kier alpha value is -2.08. The summed E-state index contributed by atoms with van der Waals surface area (Å²) in [5.41, 5.74) is 5.41. The minimum absolute atomic E-state index is 0.0137. The molecule has 2 aromatic rings. The van der Waals surface area contributed by atoms with Crippen molar-refractivity contribution in [1.82, 2.24) is 0 Å². The zero-order chi connectivity index (χ0) is 15.6. The van der Waals surface area contributed by atoms with Crippen LogP contribution in [-0.4, -0.2) is 7.11 Å². The molecule has 1 atom stereocenters. The van der Waals surface area contributed by atoms with Crippen LogP contribution in [0.1, 0.15) is 17.2 Å². The van der Waals surface area contributed by atoms with E-state index in [9.17, 15) is 17.6 Å². The van der Waals surface area contributed by atoms with Gasteiger partial charge in [0.2, 0.25) is 0 Å². The number of nitrogens with two attached hydrogens (primary N) is 1. The monoisotopic (exact) mass is 299 g/mol. The molecule has 0 amide bonds. The average molecular weight is 299 g/mol. The first-order chi connectivity index (χ1) is 9.93. The average Bonchev–Trinajstić information content (AvgIpc) is 2.40. The Kier molecular flexibility index (Phi) is 4.47. The fourth-order valence-corrected chi connectivity index (χ4v) is 2.12. The smallest absolute Gasteiger partial charge is 0.168 e. The number of hydrogen-bond acceptors (Lipinski definition) is 2. The Morgan fingerprint density at radius 2 is 1.71 bits per heavy atom. The molecule has 0 bridgehead atoms. The second-order valence-corrected chi connectivity index (χ2v) is 4.53. The van der Waals surface area contributed by atoms with Crippen LogP contribution < -0.4 is 10.5 Å². The summed E-state index contributed by atoms with van der Waals surface area (Å²) >= 11 is 0. The molecule has 2 N–H and O–H groups in total. The number of methoxy groups -OCH3 is 1. The van der Waals surface area contributed by atoms with E-state index in [0.717, 1.165) is 0 Å². The van der Waals surface area contributed by atoms with Crippen LogP contribution in [0.5, 0.6) is 5.75 Å². The highest BCUT2D eigenvalue weighted by molar-refractivity contribution is 5.33. The Labute approximate surface area is 119 Å². The highest BCUT2D eigenvalue weighted by Crippen LogP contribution is 2.27. The quantitative estimate of drug-likeness (QED) is 0.877. The zero-order valence-corrected chi connectivity index (χ0v) is 11.2. The van der Waals surface area contributed by atoms with Crippen LogP contribution in [0.3, 0.4) is 0 Å². The first-order valence-corrected chi connectivity index (χ1v) is 6.15. The van der Waals surface area contributed by atoms with E-state index in [1.54, 1.807) is 6.07 Å². The molecule has 0 heterocycles. The van der Waals surface area contributed by atoms with Crippen LogP contribution in [0.2, 0.25) is 0 Å². The number of rotatable bonds is 4. The molecular weight excluding hydrogens is 286 g/mol. The van der Waals surface area contributed by atoms with Crippen LogP contribution >= 0.6 is 0 Å². The van der Waals surface area contributed by atoms with Crippen LogP contribution in [0.25, 0.3) is 0 Å². The molecule has 0 saturated heterocycles. The Balaban J connectivity index is 2.33. The summed E-state index contributed by atoms with van der Waals surface area (Å²) in [6, 6.07) is 4.34. The van der Waals surface area contributed by atoms with Crippen molar-refractivity contribution in [3.63, 3.8) is 0 Å². The Morgan fingerprint density at radius 1 is 1.10 bits per heavy atom. The van der Waals surface area contributed by atoms with Gasteiger partial charge in [-0.3, -0.25) is 0 Å². The van der Waals surface area contributed by atoms with E-state index in [1.807, 2.05) is 0 Å². The molecule has 0 spiro atoms. The molecule has 0 radical (unpaired) electrons. The Morgan fingerprint density at radius 3 is 2.29 bits per heavy atom. The van der Waals surface area contributed by atoms with Crippen molar-refractivity contribution in [3.8, 4) is 5.75 Å². The summed E-state index contributed by atoms with van der Waals surface area (Å²) in [5, 5.41) is 0. The standard InChI is InChI=1S/C15H13F4NO/c1-21-13-4-2-3-8(15(13)19)5-12(20)14-10(17)6-9(16)7-11(14)18/h2-4,6-7,12H,5,20H2,1H3. The lowest BCUT2D eigenvalue weighted by atomic mass is 9.98. The number of halogens is 4. The molecule has 2 aromatic carbocycles. The van der Waals surface area contributed by atoms with Crippen molar-refractivity contribution in [1.29, 1.82) is 0 Å². The third-order valence-electron chi connectivity index (χ3n) is 3.12. The second-order valence-electron chi connectivity index (χ2n) is 4.53. The normalized spacial score (nSPS) is 12.3. The minimum atomic E-state index is -1.15. The van der Waals surface area contributed by atoms with Gasteiger partial charge in [0.1, 0.15) is 17.5 Å². The van der Waals surface area contributed by atoms with Crippen LogP contribution in [0.15, 0.2) is 30.3 Å². The summed E-state index contributed by atoms with van der Waals surface area (Å²) in [4.78, 5) is 0. The van der Waals surface area contributed by atoms with Crippen molar-refractivity contribution in [2.75, 3.05) is 7.11 Å². The molecule has 0 aliphatic rings. The van der Waals surface area contributed by atoms with E-state index in [0.29, 0.717) is 12.1 Å². The SMILES string of the molecule is COc1cccc(CC(N)c2c(F)cc(F)cc2F)c1F. The van der Waals surface area contributed by atoms with Gasteiger partial charge in [0.25, 0.3) is 0 Å². The van der Waals surface area contributed by atoms with E-state index in [-0.39, 0.29) is 17.7 Å². The fraction of sp³-hybridized carbons (Fsp3) is 0.200.